The molecule has 1 rings (SSSR count). The number of nitrogens with two attached hydrogens (primary N) is 1. The van der Waals surface area contributed by atoms with Crippen LogP contribution in [0.15, 0.2) is 0 Å². The predicted molar refractivity (Wildman–Crippen MR) is 67.7 cm³/mol. The third-order valence-electron chi connectivity index (χ3n) is 4.71. The molecule has 1 aliphatic carbocycles. The highest BCUT2D eigenvalue weighted by Crippen LogP contribution is 2.41. The monoisotopic (exact) mass is 211 g/mol. The average Bonchev–Trinajstić information content (AvgIpc) is 2.27. The lowest BCUT2D eigenvalue weighted by Gasteiger charge is -2.40. The maximum absolute atomic E-state index is 5.91. The molecule has 1 fully saturated rings. The maximum atomic E-state index is 5.91. The van der Waals surface area contributed by atoms with E-state index < -0.39 is 0 Å². The minimum Gasteiger partial charge on any atom is -0.330 e. The van der Waals surface area contributed by atoms with Crippen LogP contribution in [0, 0.1) is 29.6 Å². The summed E-state index contributed by atoms with van der Waals surface area (Å²) in [5.74, 6) is 4.36. The van der Waals surface area contributed by atoms with E-state index in [2.05, 4.69) is 27.7 Å². The molecule has 0 aromatic heterocycles. The van der Waals surface area contributed by atoms with Gasteiger partial charge in [-0.25, -0.2) is 0 Å². The van der Waals surface area contributed by atoms with E-state index in [1.807, 2.05) is 0 Å². The number of hydrogen-bond acceptors (Lipinski definition) is 1. The van der Waals surface area contributed by atoms with Gasteiger partial charge in [-0.3, -0.25) is 0 Å². The van der Waals surface area contributed by atoms with Crippen LogP contribution in [-0.4, -0.2) is 6.54 Å². The van der Waals surface area contributed by atoms with Gasteiger partial charge in [-0.2, -0.15) is 0 Å². The molecule has 1 nitrogen and oxygen atoms in total. The Morgan fingerprint density at radius 1 is 1.20 bits per heavy atom. The quantitative estimate of drug-likeness (QED) is 0.754. The van der Waals surface area contributed by atoms with E-state index in [-0.39, 0.29) is 0 Å². The molecule has 0 spiro atoms. The second-order valence-electron chi connectivity index (χ2n) is 5.86. The smallest absolute Gasteiger partial charge is 0.00461 e. The fourth-order valence-corrected chi connectivity index (χ4v) is 3.20. The van der Waals surface area contributed by atoms with Gasteiger partial charge in [0, 0.05) is 0 Å². The Morgan fingerprint density at radius 2 is 1.87 bits per heavy atom. The molecular formula is C14H29N. The molecule has 0 amide bonds. The van der Waals surface area contributed by atoms with Crippen LogP contribution in [0.25, 0.3) is 0 Å². The molecule has 1 aliphatic rings. The van der Waals surface area contributed by atoms with Gasteiger partial charge in [0.25, 0.3) is 0 Å². The van der Waals surface area contributed by atoms with Crippen molar-refractivity contribution < 1.29 is 0 Å². The minimum absolute atomic E-state index is 0.801. The molecule has 4 unspecified atom stereocenters. The summed E-state index contributed by atoms with van der Waals surface area (Å²) < 4.78 is 0. The molecule has 4 atom stereocenters. The third-order valence-corrected chi connectivity index (χ3v) is 4.71. The van der Waals surface area contributed by atoms with Crippen LogP contribution in [0.1, 0.15) is 53.4 Å². The summed E-state index contributed by atoms with van der Waals surface area (Å²) in [6, 6.07) is 0. The zero-order valence-electron chi connectivity index (χ0n) is 11.0. The van der Waals surface area contributed by atoms with Gasteiger partial charge < -0.3 is 5.73 Å². The fraction of sp³-hybridized carbons (Fsp3) is 1.00. The first-order valence-electron chi connectivity index (χ1n) is 6.80. The highest BCUT2D eigenvalue weighted by atomic mass is 14.6. The summed E-state index contributed by atoms with van der Waals surface area (Å²) in [7, 11) is 0. The minimum atomic E-state index is 0.801. The maximum Gasteiger partial charge on any atom is -0.00461 e. The second-order valence-corrected chi connectivity index (χ2v) is 5.86. The van der Waals surface area contributed by atoms with E-state index in [1.54, 1.807) is 0 Å². The van der Waals surface area contributed by atoms with Gasteiger partial charge in [0.2, 0.25) is 0 Å². The van der Waals surface area contributed by atoms with Crippen molar-refractivity contribution in [3.63, 3.8) is 0 Å². The number of rotatable bonds is 4. The van der Waals surface area contributed by atoms with Crippen molar-refractivity contribution in [2.45, 2.75) is 53.4 Å². The normalized spacial score (nSPS) is 34.4. The number of hydrogen-bond donors (Lipinski definition) is 1. The molecule has 0 aromatic carbocycles. The average molecular weight is 211 g/mol. The zero-order valence-corrected chi connectivity index (χ0v) is 11.0. The van der Waals surface area contributed by atoms with Crippen molar-refractivity contribution in [2.75, 3.05) is 6.54 Å². The van der Waals surface area contributed by atoms with Crippen molar-refractivity contribution in [3.05, 3.63) is 0 Å². The summed E-state index contributed by atoms with van der Waals surface area (Å²) in [5, 5.41) is 0. The second kappa shape index (κ2) is 5.89. The Bertz CT molecular complexity index is 176. The van der Waals surface area contributed by atoms with Gasteiger partial charge in [-0.15, -0.1) is 0 Å². The van der Waals surface area contributed by atoms with Gasteiger partial charge in [0.05, 0.1) is 0 Å². The van der Waals surface area contributed by atoms with Crippen molar-refractivity contribution in [3.8, 4) is 0 Å². The topological polar surface area (TPSA) is 26.0 Å². The molecule has 1 saturated carbocycles. The zero-order chi connectivity index (χ0) is 11.4. The largest absolute Gasteiger partial charge is 0.330 e. The molecule has 90 valence electrons. The summed E-state index contributed by atoms with van der Waals surface area (Å²) in [5.41, 5.74) is 5.91. The van der Waals surface area contributed by atoms with Crippen molar-refractivity contribution >= 4 is 0 Å². The first-order chi connectivity index (χ1) is 7.10. The van der Waals surface area contributed by atoms with Crippen LogP contribution < -0.4 is 5.73 Å². The Morgan fingerprint density at radius 3 is 2.33 bits per heavy atom. The molecule has 0 aliphatic heterocycles. The van der Waals surface area contributed by atoms with Crippen LogP contribution in [-0.2, 0) is 0 Å². The van der Waals surface area contributed by atoms with E-state index in [4.69, 9.17) is 5.73 Å². The van der Waals surface area contributed by atoms with Crippen LogP contribution >= 0.6 is 0 Å². The molecule has 2 N–H and O–H groups in total. The predicted octanol–water partition coefficient (Wildman–Crippen LogP) is 3.68. The van der Waals surface area contributed by atoms with Crippen LogP contribution in [0.3, 0.4) is 0 Å². The Balaban J connectivity index is 2.60. The van der Waals surface area contributed by atoms with Crippen molar-refractivity contribution in [1.29, 1.82) is 0 Å². The van der Waals surface area contributed by atoms with Crippen molar-refractivity contribution in [1.82, 2.24) is 0 Å². The molecule has 0 saturated heterocycles. The molecule has 0 radical (unpaired) electrons. The summed E-state index contributed by atoms with van der Waals surface area (Å²) in [4.78, 5) is 0. The molecular weight excluding hydrogens is 182 g/mol. The van der Waals surface area contributed by atoms with Gasteiger partial charge in [-0.05, 0) is 55.4 Å². The van der Waals surface area contributed by atoms with Crippen molar-refractivity contribution in [2.24, 2.45) is 35.3 Å². The van der Waals surface area contributed by atoms with Crippen LogP contribution in [0.5, 0.6) is 0 Å². The van der Waals surface area contributed by atoms with Crippen LogP contribution in [0.4, 0.5) is 0 Å². The van der Waals surface area contributed by atoms with Gasteiger partial charge in [0.1, 0.15) is 0 Å². The first-order valence-corrected chi connectivity index (χ1v) is 6.80. The van der Waals surface area contributed by atoms with Gasteiger partial charge in [0.15, 0.2) is 0 Å². The summed E-state index contributed by atoms with van der Waals surface area (Å²) >= 11 is 0. The lowest BCUT2D eigenvalue weighted by molar-refractivity contribution is 0.107. The van der Waals surface area contributed by atoms with Crippen LogP contribution in [0.2, 0.25) is 0 Å². The Hall–Kier alpha value is -0.0400. The van der Waals surface area contributed by atoms with E-state index in [0.29, 0.717) is 0 Å². The molecule has 15 heavy (non-hydrogen) atoms. The lowest BCUT2D eigenvalue weighted by Crippen LogP contribution is -2.35. The van der Waals surface area contributed by atoms with Gasteiger partial charge >= 0.3 is 0 Å². The standard InChI is InChI=1S/C14H29N/c1-5-11(4)14-8-12(10(2)3)6-7-13(14)9-15/h10-14H,5-9,15H2,1-4H3. The molecule has 0 bridgehead atoms. The Labute approximate surface area is 95.8 Å². The molecule has 0 heterocycles. The van der Waals surface area contributed by atoms with Gasteiger partial charge in [-0.1, -0.05) is 34.1 Å². The highest BCUT2D eigenvalue weighted by molar-refractivity contribution is 4.84. The fourth-order valence-electron chi connectivity index (χ4n) is 3.20. The van der Waals surface area contributed by atoms with E-state index in [9.17, 15) is 0 Å². The van der Waals surface area contributed by atoms with E-state index >= 15 is 0 Å². The summed E-state index contributed by atoms with van der Waals surface area (Å²) in [6.45, 7) is 10.4. The molecule has 1 heteroatoms. The van der Waals surface area contributed by atoms with E-state index in [0.717, 1.165) is 36.1 Å². The third kappa shape index (κ3) is 3.21. The summed E-state index contributed by atoms with van der Waals surface area (Å²) in [6.07, 6.45) is 5.52. The van der Waals surface area contributed by atoms with E-state index in [1.165, 1.54) is 25.7 Å². The lowest BCUT2D eigenvalue weighted by atomic mass is 9.66. The highest BCUT2D eigenvalue weighted by Gasteiger charge is 2.33. The molecule has 0 aromatic rings. The SMILES string of the molecule is CCC(C)C1CC(C(C)C)CCC1CN. The Kier molecular flexibility index (Phi) is 5.11. The first kappa shape index (κ1) is 13.0.